The lowest BCUT2D eigenvalue weighted by Gasteiger charge is -2.22. The van der Waals surface area contributed by atoms with E-state index < -0.39 is 11.8 Å². The lowest BCUT2D eigenvalue weighted by Crippen LogP contribution is -2.54. The molecule has 0 aromatic heterocycles. The summed E-state index contributed by atoms with van der Waals surface area (Å²) in [7, 11) is 0. The maximum atomic E-state index is 8.78. The molecule has 0 aliphatic heterocycles. The molecule has 0 heterocycles. The standard InChI is InChI=1S/C4H12N2O2/c1-4(6,8)3(5)2-7/h3,7-8H,2,5-6H2,1H3. The molecule has 4 nitrogen and oxygen atoms in total. The molecule has 0 saturated heterocycles. The van der Waals surface area contributed by atoms with Crippen LogP contribution in [0.25, 0.3) is 0 Å². The summed E-state index contributed by atoms with van der Waals surface area (Å²) in [4.78, 5) is 0. The first kappa shape index (κ1) is 7.84. The van der Waals surface area contributed by atoms with Gasteiger partial charge in [0.05, 0.1) is 12.6 Å². The molecule has 0 fully saturated rings. The lowest BCUT2D eigenvalue weighted by atomic mass is 10.1. The Morgan fingerprint density at radius 3 is 2.12 bits per heavy atom. The van der Waals surface area contributed by atoms with E-state index in [1.807, 2.05) is 0 Å². The van der Waals surface area contributed by atoms with Crippen LogP contribution >= 0.6 is 0 Å². The normalized spacial score (nSPS) is 22.1. The number of hydrogen-bond donors (Lipinski definition) is 4. The van der Waals surface area contributed by atoms with Crippen LogP contribution in [0.2, 0.25) is 0 Å². The Bertz CT molecular complexity index is 68.9. The SMILES string of the molecule is CC(N)(O)C(N)CO. The molecule has 2 unspecified atom stereocenters. The largest absolute Gasteiger partial charge is 0.395 e. The molecule has 6 N–H and O–H groups in total. The summed E-state index contributed by atoms with van der Waals surface area (Å²) >= 11 is 0. The summed E-state index contributed by atoms with van der Waals surface area (Å²) in [5, 5.41) is 17.1. The second-order valence-corrected chi connectivity index (χ2v) is 2.01. The number of aliphatic hydroxyl groups excluding tert-OH is 1. The molecular formula is C4H12N2O2. The van der Waals surface area contributed by atoms with Crippen molar-refractivity contribution in [3.05, 3.63) is 0 Å². The fourth-order valence-corrected chi connectivity index (χ4v) is 0.185. The maximum absolute atomic E-state index is 8.78. The topological polar surface area (TPSA) is 92.5 Å². The molecular weight excluding hydrogens is 108 g/mol. The summed E-state index contributed by atoms with van der Waals surface area (Å²) in [6, 6.07) is -0.762. The monoisotopic (exact) mass is 120 g/mol. The second kappa shape index (κ2) is 2.41. The van der Waals surface area contributed by atoms with Gasteiger partial charge in [0.15, 0.2) is 0 Å². The first-order chi connectivity index (χ1) is 3.48. The molecule has 8 heavy (non-hydrogen) atoms. The van der Waals surface area contributed by atoms with Crippen molar-refractivity contribution in [3.8, 4) is 0 Å². The molecule has 0 aliphatic rings. The van der Waals surface area contributed by atoms with Gasteiger partial charge in [-0.15, -0.1) is 0 Å². The van der Waals surface area contributed by atoms with Crippen molar-refractivity contribution in [3.63, 3.8) is 0 Å². The Morgan fingerprint density at radius 1 is 1.75 bits per heavy atom. The van der Waals surface area contributed by atoms with E-state index in [0.717, 1.165) is 0 Å². The number of rotatable bonds is 2. The first-order valence-electron chi connectivity index (χ1n) is 2.36. The predicted octanol–water partition coefficient (Wildman–Crippen LogP) is -2.03. The van der Waals surface area contributed by atoms with Gasteiger partial charge in [0.25, 0.3) is 0 Å². The van der Waals surface area contributed by atoms with Crippen molar-refractivity contribution >= 4 is 0 Å². The van der Waals surface area contributed by atoms with Crippen LogP contribution in [0.3, 0.4) is 0 Å². The lowest BCUT2D eigenvalue weighted by molar-refractivity contribution is 0.0189. The molecule has 50 valence electrons. The minimum atomic E-state index is -1.46. The van der Waals surface area contributed by atoms with Crippen LogP contribution in [-0.2, 0) is 0 Å². The third kappa shape index (κ3) is 2.23. The van der Waals surface area contributed by atoms with Crippen LogP contribution < -0.4 is 11.5 Å². The van der Waals surface area contributed by atoms with Crippen LogP contribution in [0.5, 0.6) is 0 Å². The van der Waals surface area contributed by atoms with Gasteiger partial charge < -0.3 is 21.7 Å². The molecule has 0 aromatic carbocycles. The van der Waals surface area contributed by atoms with Crippen LogP contribution in [0, 0.1) is 0 Å². The highest BCUT2D eigenvalue weighted by molar-refractivity contribution is 4.77. The van der Waals surface area contributed by atoms with Gasteiger partial charge in [0.2, 0.25) is 0 Å². The highest BCUT2D eigenvalue weighted by Gasteiger charge is 2.21. The smallest absolute Gasteiger partial charge is 0.128 e. The molecule has 0 radical (unpaired) electrons. The second-order valence-electron chi connectivity index (χ2n) is 2.01. The fraction of sp³-hybridized carbons (Fsp3) is 1.00. The number of hydrogen-bond acceptors (Lipinski definition) is 4. The molecule has 2 atom stereocenters. The zero-order valence-corrected chi connectivity index (χ0v) is 4.83. The van der Waals surface area contributed by atoms with E-state index in [1.54, 1.807) is 0 Å². The molecule has 0 saturated carbocycles. The summed E-state index contributed by atoms with van der Waals surface area (Å²) in [6.07, 6.45) is 0. The van der Waals surface area contributed by atoms with Gasteiger partial charge in [-0.2, -0.15) is 0 Å². The summed E-state index contributed by atoms with van der Waals surface area (Å²) < 4.78 is 0. The maximum Gasteiger partial charge on any atom is 0.128 e. The molecule has 0 bridgehead atoms. The average Bonchev–Trinajstić information content (AvgIpc) is 1.62. The van der Waals surface area contributed by atoms with Crippen molar-refractivity contribution in [1.82, 2.24) is 0 Å². The van der Waals surface area contributed by atoms with Gasteiger partial charge >= 0.3 is 0 Å². The molecule has 0 spiro atoms. The highest BCUT2D eigenvalue weighted by atomic mass is 16.3. The van der Waals surface area contributed by atoms with Crippen molar-refractivity contribution < 1.29 is 10.2 Å². The van der Waals surface area contributed by atoms with Crippen LogP contribution in [-0.4, -0.2) is 28.6 Å². The van der Waals surface area contributed by atoms with E-state index in [4.69, 9.17) is 21.7 Å². The van der Waals surface area contributed by atoms with Gasteiger partial charge in [-0.1, -0.05) is 0 Å². The van der Waals surface area contributed by atoms with E-state index in [0.29, 0.717) is 0 Å². The minimum Gasteiger partial charge on any atom is -0.395 e. The molecule has 0 amide bonds. The van der Waals surface area contributed by atoms with Crippen LogP contribution in [0.15, 0.2) is 0 Å². The Balaban J connectivity index is 3.62. The Hall–Kier alpha value is -0.160. The zero-order valence-electron chi connectivity index (χ0n) is 4.83. The van der Waals surface area contributed by atoms with Gasteiger partial charge in [0.1, 0.15) is 5.72 Å². The van der Waals surface area contributed by atoms with Gasteiger partial charge in [0, 0.05) is 0 Å². The Kier molecular flexibility index (Phi) is 2.36. The van der Waals surface area contributed by atoms with E-state index in [1.165, 1.54) is 6.92 Å². The minimum absolute atomic E-state index is 0.302. The predicted molar refractivity (Wildman–Crippen MR) is 29.9 cm³/mol. The Labute approximate surface area is 48.1 Å². The summed E-state index contributed by atoms with van der Waals surface area (Å²) in [5.74, 6) is 0. The van der Waals surface area contributed by atoms with Crippen molar-refractivity contribution in [2.24, 2.45) is 11.5 Å². The van der Waals surface area contributed by atoms with E-state index >= 15 is 0 Å². The van der Waals surface area contributed by atoms with E-state index in [9.17, 15) is 0 Å². The van der Waals surface area contributed by atoms with Gasteiger partial charge in [-0.25, -0.2) is 0 Å². The molecule has 0 aliphatic carbocycles. The third-order valence-electron chi connectivity index (χ3n) is 0.947. The molecule has 0 rings (SSSR count). The van der Waals surface area contributed by atoms with Gasteiger partial charge in [-0.3, -0.25) is 0 Å². The van der Waals surface area contributed by atoms with E-state index in [-0.39, 0.29) is 6.61 Å². The van der Waals surface area contributed by atoms with Crippen molar-refractivity contribution in [1.29, 1.82) is 0 Å². The number of aliphatic hydroxyl groups is 2. The number of nitrogens with two attached hydrogens (primary N) is 2. The third-order valence-corrected chi connectivity index (χ3v) is 0.947. The Morgan fingerprint density at radius 2 is 2.12 bits per heavy atom. The van der Waals surface area contributed by atoms with Crippen molar-refractivity contribution in [2.75, 3.05) is 6.61 Å². The first-order valence-corrected chi connectivity index (χ1v) is 2.36. The van der Waals surface area contributed by atoms with Crippen molar-refractivity contribution in [2.45, 2.75) is 18.7 Å². The summed E-state index contributed by atoms with van der Waals surface area (Å²) in [5.41, 5.74) is 8.72. The van der Waals surface area contributed by atoms with Crippen LogP contribution in [0.1, 0.15) is 6.92 Å². The average molecular weight is 120 g/mol. The fourth-order valence-electron chi connectivity index (χ4n) is 0.185. The van der Waals surface area contributed by atoms with Crippen LogP contribution in [0.4, 0.5) is 0 Å². The molecule has 4 heteroatoms. The van der Waals surface area contributed by atoms with Gasteiger partial charge in [-0.05, 0) is 6.92 Å². The zero-order chi connectivity index (χ0) is 6.78. The summed E-state index contributed by atoms with van der Waals surface area (Å²) in [6.45, 7) is 1.04. The van der Waals surface area contributed by atoms with E-state index in [2.05, 4.69) is 0 Å². The quantitative estimate of drug-likeness (QED) is 0.316. The highest BCUT2D eigenvalue weighted by Crippen LogP contribution is 1.95. The molecule has 0 aromatic rings.